The first-order valence-corrected chi connectivity index (χ1v) is 11.6. The number of aromatic nitrogens is 1. The van der Waals surface area contributed by atoms with E-state index >= 15 is 0 Å². The smallest absolute Gasteiger partial charge is 0.239 e. The van der Waals surface area contributed by atoms with Crippen molar-refractivity contribution in [1.82, 2.24) is 14.6 Å². The van der Waals surface area contributed by atoms with Crippen LogP contribution in [-0.2, 0) is 15.6 Å². The zero-order chi connectivity index (χ0) is 21.1. The molecule has 0 radical (unpaired) electrons. The first-order valence-electron chi connectivity index (χ1n) is 8.40. The van der Waals surface area contributed by atoms with Crippen LogP contribution in [0, 0.1) is 11.2 Å². The maximum atomic E-state index is 14.5. The number of guanidine groups is 1. The zero-order valence-electron chi connectivity index (χ0n) is 15.3. The molecule has 0 bridgehead atoms. The Morgan fingerprint density at radius 1 is 1.34 bits per heavy atom. The second kappa shape index (κ2) is 6.80. The van der Waals surface area contributed by atoms with E-state index in [9.17, 15) is 12.8 Å². The van der Waals surface area contributed by atoms with Gasteiger partial charge in [-0.3, -0.25) is 10.4 Å². The summed E-state index contributed by atoms with van der Waals surface area (Å²) in [6.07, 6.45) is 1.53. The van der Waals surface area contributed by atoms with Gasteiger partial charge in [-0.25, -0.2) is 17.1 Å². The fraction of sp³-hybridized carbons (Fsp3) is 0.222. The molecule has 4 rings (SSSR count). The molecular weight excluding hydrogens is 458 g/mol. The molecule has 1 atom stereocenters. The highest BCUT2D eigenvalue weighted by atomic mass is 35.5. The number of benzene rings is 1. The van der Waals surface area contributed by atoms with Gasteiger partial charge in [0.1, 0.15) is 5.82 Å². The summed E-state index contributed by atoms with van der Waals surface area (Å²) in [7, 11) is -2.37. The highest BCUT2D eigenvalue weighted by Crippen LogP contribution is 2.45. The second-order valence-corrected chi connectivity index (χ2v) is 10.8. The van der Waals surface area contributed by atoms with Gasteiger partial charge in [0.05, 0.1) is 31.6 Å². The summed E-state index contributed by atoms with van der Waals surface area (Å²) < 4.78 is 41.0. The number of nitrogens with zero attached hydrogens (tertiary/aromatic N) is 2. The SMILES string of the molecule is CN1C(=N)N[C@](C)(c2sc3c(-c4ccc(Cl)cc4F)nccc3c2Cl)CS1(=O)=O. The summed E-state index contributed by atoms with van der Waals surface area (Å²) in [6.45, 7) is 1.68. The number of fused-ring (bicyclic) bond motifs is 1. The fourth-order valence-corrected chi connectivity index (χ4v) is 6.86. The molecule has 1 aromatic carbocycles. The molecule has 0 aliphatic carbocycles. The summed E-state index contributed by atoms with van der Waals surface area (Å²) in [4.78, 5) is 4.87. The Balaban J connectivity index is 1.93. The average Bonchev–Trinajstić information content (AvgIpc) is 2.98. The molecular formula is C18H15Cl2FN4O2S2. The van der Waals surface area contributed by atoms with Crippen LogP contribution in [0.3, 0.4) is 0 Å². The van der Waals surface area contributed by atoms with Crippen molar-refractivity contribution in [3.05, 3.63) is 51.2 Å². The van der Waals surface area contributed by atoms with Crippen LogP contribution >= 0.6 is 34.5 Å². The number of hydrogen-bond donors (Lipinski definition) is 2. The number of rotatable bonds is 2. The molecule has 1 aliphatic heterocycles. The van der Waals surface area contributed by atoms with Gasteiger partial charge < -0.3 is 5.32 Å². The largest absolute Gasteiger partial charge is 0.344 e. The first-order chi connectivity index (χ1) is 13.5. The van der Waals surface area contributed by atoms with Crippen LogP contribution < -0.4 is 5.32 Å². The van der Waals surface area contributed by atoms with Gasteiger partial charge in [-0.15, -0.1) is 11.3 Å². The number of nitrogens with one attached hydrogen (secondary N) is 2. The lowest BCUT2D eigenvalue weighted by Gasteiger charge is -2.39. The molecule has 3 aromatic rings. The average molecular weight is 473 g/mol. The molecule has 1 aliphatic rings. The fourth-order valence-electron chi connectivity index (χ4n) is 3.32. The maximum absolute atomic E-state index is 14.5. The van der Waals surface area contributed by atoms with Crippen molar-refractivity contribution < 1.29 is 12.8 Å². The molecule has 0 unspecified atom stereocenters. The number of pyridine rings is 1. The maximum Gasteiger partial charge on any atom is 0.239 e. The normalized spacial score (nSPS) is 21.4. The Morgan fingerprint density at radius 2 is 2.07 bits per heavy atom. The minimum atomic E-state index is -3.69. The van der Waals surface area contributed by atoms with Gasteiger partial charge in [0, 0.05) is 29.2 Å². The third-order valence-electron chi connectivity index (χ3n) is 4.83. The summed E-state index contributed by atoms with van der Waals surface area (Å²) >= 11 is 13.7. The lowest BCUT2D eigenvalue weighted by molar-refractivity contribution is 0.424. The van der Waals surface area contributed by atoms with Gasteiger partial charge >= 0.3 is 0 Å². The molecule has 11 heteroatoms. The van der Waals surface area contributed by atoms with Crippen LogP contribution in [0.1, 0.15) is 11.8 Å². The molecule has 3 heterocycles. The van der Waals surface area contributed by atoms with Crippen molar-refractivity contribution in [2.24, 2.45) is 0 Å². The summed E-state index contributed by atoms with van der Waals surface area (Å²) in [5.41, 5.74) is -0.450. The number of sulfonamides is 1. The molecule has 1 fully saturated rings. The highest BCUT2D eigenvalue weighted by Gasteiger charge is 2.44. The van der Waals surface area contributed by atoms with Crippen molar-refractivity contribution in [3.8, 4) is 11.3 Å². The highest BCUT2D eigenvalue weighted by molar-refractivity contribution is 7.89. The third kappa shape index (κ3) is 3.26. The number of hydrogen-bond acceptors (Lipinski definition) is 5. The van der Waals surface area contributed by atoms with Crippen LogP contribution in [0.2, 0.25) is 10.0 Å². The second-order valence-electron chi connectivity index (χ2n) is 6.94. The lowest BCUT2D eigenvalue weighted by Crippen LogP contribution is -2.60. The van der Waals surface area contributed by atoms with Gasteiger partial charge in [0.15, 0.2) is 0 Å². The van der Waals surface area contributed by atoms with Crippen molar-refractivity contribution >= 4 is 60.6 Å². The molecule has 2 aromatic heterocycles. The van der Waals surface area contributed by atoms with E-state index in [1.807, 2.05) is 0 Å². The Labute approximate surface area is 180 Å². The Kier molecular flexibility index (Phi) is 4.77. The van der Waals surface area contributed by atoms with Crippen molar-refractivity contribution in [1.29, 1.82) is 5.41 Å². The monoisotopic (exact) mass is 472 g/mol. The summed E-state index contributed by atoms with van der Waals surface area (Å²) in [5.74, 6) is -1.03. The van der Waals surface area contributed by atoms with E-state index in [1.54, 1.807) is 25.1 Å². The zero-order valence-corrected chi connectivity index (χ0v) is 18.4. The van der Waals surface area contributed by atoms with Gasteiger partial charge in [-0.05, 0) is 31.2 Å². The van der Waals surface area contributed by atoms with Crippen LogP contribution in [0.15, 0.2) is 30.5 Å². The van der Waals surface area contributed by atoms with E-state index < -0.39 is 21.4 Å². The minimum Gasteiger partial charge on any atom is -0.344 e. The van der Waals surface area contributed by atoms with E-state index in [-0.39, 0.29) is 22.3 Å². The van der Waals surface area contributed by atoms with E-state index in [0.29, 0.717) is 25.7 Å². The van der Waals surface area contributed by atoms with Crippen molar-refractivity contribution in [2.75, 3.05) is 12.8 Å². The van der Waals surface area contributed by atoms with E-state index in [1.165, 1.54) is 30.6 Å². The van der Waals surface area contributed by atoms with Crippen LogP contribution in [0.25, 0.3) is 21.3 Å². The number of thiophene rings is 1. The Bertz CT molecular complexity index is 1280. The molecule has 2 N–H and O–H groups in total. The van der Waals surface area contributed by atoms with Gasteiger partial charge in [-0.1, -0.05) is 23.2 Å². The standard InChI is InChI=1S/C18H15Cl2FN4O2S2/c1-18(8-29(26,27)25(2)17(22)24-18)16-13(20)11-5-6-23-14(15(11)28-16)10-4-3-9(19)7-12(10)21/h3-7H,8H2,1-2H3,(H2,22,24)/t18-/m0/s1. The van der Waals surface area contributed by atoms with Crippen molar-refractivity contribution in [3.63, 3.8) is 0 Å². The molecule has 0 spiro atoms. The van der Waals surface area contributed by atoms with Gasteiger partial charge in [0.25, 0.3) is 0 Å². The molecule has 152 valence electrons. The Hall–Kier alpha value is -1.94. The third-order valence-corrected chi connectivity index (χ3v) is 9.00. The van der Waals surface area contributed by atoms with E-state index in [2.05, 4.69) is 10.3 Å². The quantitative estimate of drug-likeness (QED) is 0.577. The topological polar surface area (TPSA) is 86.2 Å². The van der Waals surface area contributed by atoms with Crippen LogP contribution in [-0.4, -0.2) is 36.5 Å². The molecule has 0 saturated carbocycles. The van der Waals surface area contributed by atoms with Gasteiger partial charge in [-0.2, -0.15) is 0 Å². The predicted molar refractivity (Wildman–Crippen MR) is 115 cm³/mol. The minimum absolute atomic E-state index is 0.241. The summed E-state index contributed by atoms with van der Waals surface area (Å²) in [5, 5.41) is 12.2. The van der Waals surface area contributed by atoms with Crippen LogP contribution in [0.4, 0.5) is 4.39 Å². The van der Waals surface area contributed by atoms with Crippen LogP contribution in [0.5, 0.6) is 0 Å². The summed E-state index contributed by atoms with van der Waals surface area (Å²) in [6, 6.07) is 6.03. The lowest BCUT2D eigenvalue weighted by atomic mass is 10.0. The molecule has 0 amide bonds. The van der Waals surface area contributed by atoms with Gasteiger partial charge in [0.2, 0.25) is 16.0 Å². The van der Waals surface area contributed by atoms with E-state index in [0.717, 1.165) is 4.31 Å². The van der Waals surface area contributed by atoms with Crippen molar-refractivity contribution in [2.45, 2.75) is 12.5 Å². The number of halogens is 3. The Morgan fingerprint density at radius 3 is 2.72 bits per heavy atom. The molecule has 1 saturated heterocycles. The van der Waals surface area contributed by atoms with E-state index in [4.69, 9.17) is 28.6 Å². The molecule has 6 nitrogen and oxygen atoms in total. The molecule has 29 heavy (non-hydrogen) atoms. The first kappa shape index (κ1) is 20.3. The predicted octanol–water partition coefficient (Wildman–Crippen LogP) is 4.42.